The number of benzene rings is 1. The zero-order valence-electron chi connectivity index (χ0n) is 22.0. The second kappa shape index (κ2) is 9.78. The second-order valence-electron chi connectivity index (χ2n) is 10.9. The van der Waals surface area contributed by atoms with E-state index in [1.807, 2.05) is 0 Å². The van der Waals surface area contributed by atoms with Crippen molar-refractivity contribution in [2.45, 2.75) is 44.3 Å². The minimum Gasteiger partial charge on any atom is -0.480 e. The van der Waals surface area contributed by atoms with E-state index >= 15 is 0 Å². The van der Waals surface area contributed by atoms with Crippen molar-refractivity contribution in [1.29, 1.82) is 0 Å². The van der Waals surface area contributed by atoms with Gasteiger partial charge in [0.15, 0.2) is 12.4 Å². The van der Waals surface area contributed by atoms with Gasteiger partial charge in [0.2, 0.25) is 11.7 Å². The number of piperidine rings is 1. The molecule has 2 aliphatic heterocycles. The largest absolute Gasteiger partial charge is 0.480 e. The Morgan fingerprint density at radius 1 is 1.28 bits per heavy atom. The number of rotatable bonds is 5. The molecule has 1 saturated heterocycles. The molecule has 0 radical (unpaired) electrons. The van der Waals surface area contributed by atoms with Crippen LogP contribution in [0.1, 0.15) is 26.2 Å². The third-order valence-electron chi connectivity index (χ3n) is 7.84. The first-order valence-corrected chi connectivity index (χ1v) is 13.5. The molecule has 0 spiro atoms. The Bertz CT molecular complexity index is 1480. The molecular weight excluding hydrogens is 530 g/mol. The lowest BCUT2D eigenvalue weighted by Crippen LogP contribution is -2.44. The average Bonchev–Trinajstić information content (AvgIpc) is 3.75. The van der Waals surface area contributed by atoms with Crippen LogP contribution in [-0.2, 0) is 11.8 Å². The van der Waals surface area contributed by atoms with Gasteiger partial charge in [0.25, 0.3) is 5.56 Å². The van der Waals surface area contributed by atoms with Crippen molar-refractivity contribution in [3.8, 4) is 5.75 Å². The fraction of sp³-hybridized carbons (Fsp3) is 0.519. The first-order chi connectivity index (χ1) is 18.6. The van der Waals surface area contributed by atoms with Gasteiger partial charge in [-0.1, -0.05) is 18.5 Å². The molecule has 2 N–H and O–H groups in total. The van der Waals surface area contributed by atoms with Gasteiger partial charge >= 0.3 is 5.92 Å². The quantitative estimate of drug-likeness (QED) is 0.459. The third kappa shape index (κ3) is 4.86. The smallest absolute Gasteiger partial charge is 0.301 e. The Hall–Kier alpha value is -3.18. The van der Waals surface area contributed by atoms with E-state index in [4.69, 9.17) is 26.1 Å². The van der Waals surface area contributed by atoms with Gasteiger partial charge < -0.3 is 29.6 Å². The highest BCUT2D eigenvalue weighted by Crippen LogP contribution is 2.45. The molecule has 1 aliphatic carbocycles. The number of fused-ring (bicyclic) bond motifs is 3. The lowest BCUT2D eigenvalue weighted by molar-refractivity contribution is -0.0579. The molecule has 9 nitrogen and oxygen atoms in total. The molecule has 1 saturated carbocycles. The van der Waals surface area contributed by atoms with Crippen LogP contribution in [0, 0.1) is 11.8 Å². The summed E-state index contributed by atoms with van der Waals surface area (Å²) in [4.78, 5) is 24.3. The number of hydrogen-bond acceptors (Lipinski definition) is 8. The monoisotopic (exact) mass is 560 g/mol. The van der Waals surface area contributed by atoms with Crippen LogP contribution in [0.25, 0.3) is 10.9 Å². The molecule has 39 heavy (non-hydrogen) atoms. The molecule has 3 aromatic rings. The Labute approximate surface area is 229 Å². The van der Waals surface area contributed by atoms with E-state index in [0.717, 1.165) is 13.0 Å². The summed E-state index contributed by atoms with van der Waals surface area (Å²) in [6.07, 6.45) is 4.05. The van der Waals surface area contributed by atoms with Gasteiger partial charge in [0, 0.05) is 38.3 Å². The maximum atomic E-state index is 14.9. The lowest BCUT2D eigenvalue weighted by atomic mass is 9.98. The van der Waals surface area contributed by atoms with Gasteiger partial charge in [-0.2, -0.15) is 4.98 Å². The number of aromatic nitrogens is 3. The fourth-order valence-corrected chi connectivity index (χ4v) is 5.79. The molecule has 0 bridgehead atoms. The molecule has 4 heterocycles. The number of ether oxygens (including phenoxy) is 2. The van der Waals surface area contributed by atoms with E-state index in [1.54, 1.807) is 38.6 Å². The van der Waals surface area contributed by atoms with Crippen LogP contribution in [0.2, 0.25) is 5.02 Å². The molecule has 12 heteroatoms. The van der Waals surface area contributed by atoms with E-state index in [2.05, 4.69) is 27.4 Å². The molecule has 208 valence electrons. The van der Waals surface area contributed by atoms with E-state index < -0.39 is 24.1 Å². The summed E-state index contributed by atoms with van der Waals surface area (Å²) in [5.74, 6) is -2.00. The van der Waals surface area contributed by atoms with Crippen LogP contribution in [-0.4, -0.2) is 59.4 Å². The van der Waals surface area contributed by atoms with E-state index in [-0.39, 0.29) is 23.5 Å². The number of hydrogen-bond donors (Lipinski definition) is 2. The molecule has 1 aromatic carbocycles. The molecule has 6 rings (SSSR count). The molecule has 3 atom stereocenters. The first-order valence-electron chi connectivity index (χ1n) is 13.2. The van der Waals surface area contributed by atoms with Crippen molar-refractivity contribution in [2.24, 2.45) is 18.9 Å². The van der Waals surface area contributed by atoms with Crippen LogP contribution < -0.4 is 25.8 Å². The Morgan fingerprint density at radius 2 is 2.08 bits per heavy atom. The van der Waals surface area contributed by atoms with Gasteiger partial charge in [0.1, 0.15) is 5.02 Å². The number of anilines is 4. The lowest BCUT2D eigenvalue weighted by Gasteiger charge is -2.35. The van der Waals surface area contributed by atoms with Gasteiger partial charge in [0.05, 0.1) is 29.5 Å². The highest BCUT2D eigenvalue weighted by molar-refractivity contribution is 6.32. The van der Waals surface area contributed by atoms with Crippen molar-refractivity contribution in [2.75, 3.05) is 42.3 Å². The summed E-state index contributed by atoms with van der Waals surface area (Å²) >= 11 is 6.47. The number of nitrogens with one attached hydrogen (secondary N) is 2. The van der Waals surface area contributed by atoms with Crippen molar-refractivity contribution in [3.63, 3.8) is 0 Å². The molecule has 3 aliphatic rings. The normalized spacial score (nSPS) is 24.5. The maximum Gasteiger partial charge on any atom is 0.301 e. The topological polar surface area (TPSA) is 93.5 Å². The summed E-state index contributed by atoms with van der Waals surface area (Å²) in [5.41, 5.74) is 1.03. The minimum atomic E-state index is -3.11. The number of aryl methyl sites for hydroxylation is 1. The highest BCUT2D eigenvalue weighted by Gasteiger charge is 2.51. The number of halogens is 3. The summed E-state index contributed by atoms with van der Waals surface area (Å²) < 4.78 is 42.3. The molecule has 0 unspecified atom stereocenters. The predicted octanol–water partition coefficient (Wildman–Crippen LogP) is 4.80. The van der Waals surface area contributed by atoms with Crippen molar-refractivity contribution in [3.05, 3.63) is 39.8 Å². The zero-order chi connectivity index (χ0) is 27.5. The first kappa shape index (κ1) is 26.1. The SMILES string of the molecule is CO[C@@H]1C[C@H](C)CN(c2ncc(Cl)c(Nc3ccc4c(c3)c3c(c(=O)n4C)OCC(F)(F)[C@H](C4CC4)N3)n2)C1. The Morgan fingerprint density at radius 3 is 2.82 bits per heavy atom. The molecule has 0 amide bonds. The number of nitrogens with zero attached hydrogens (tertiary/aromatic N) is 4. The van der Waals surface area contributed by atoms with Gasteiger partial charge in [-0.15, -0.1) is 0 Å². The minimum absolute atomic E-state index is 0.0911. The van der Waals surface area contributed by atoms with Crippen LogP contribution in [0.5, 0.6) is 5.75 Å². The summed E-state index contributed by atoms with van der Waals surface area (Å²) in [5, 5.41) is 7.18. The van der Waals surface area contributed by atoms with Gasteiger partial charge in [-0.25, -0.2) is 13.8 Å². The Kier molecular flexibility index (Phi) is 6.53. The van der Waals surface area contributed by atoms with Crippen molar-refractivity contribution < 1.29 is 18.3 Å². The average molecular weight is 561 g/mol. The van der Waals surface area contributed by atoms with Crippen molar-refractivity contribution >= 4 is 45.6 Å². The molecule has 2 fully saturated rings. The van der Waals surface area contributed by atoms with E-state index in [9.17, 15) is 13.6 Å². The van der Waals surface area contributed by atoms with Crippen molar-refractivity contribution in [1.82, 2.24) is 14.5 Å². The van der Waals surface area contributed by atoms with E-state index in [0.29, 0.717) is 58.7 Å². The summed E-state index contributed by atoms with van der Waals surface area (Å²) in [6.45, 7) is 2.80. The maximum absolute atomic E-state index is 14.9. The predicted molar refractivity (Wildman–Crippen MR) is 147 cm³/mol. The second-order valence-corrected chi connectivity index (χ2v) is 11.3. The summed E-state index contributed by atoms with van der Waals surface area (Å²) in [7, 11) is 3.31. The fourth-order valence-electron chi connectivity index (χ4n) is 5.65. The van der Waals surface area contributed by atoms with Crippen LogP contribution in [0.4, 0.5) is 31.9 Å². The standard InChI is InChI=1S/C27H31ClF2N6O3/c1-14-8-17(38-3)12-36(11-14)26-31-10-19(28)24(34-26)32-16-6-7-20-18(9-16)21-22(25(37)35(20)2)39-13-27(29,30)23(33-21)15-4-5-15/h6-7,9-10,14-15,17,23,33H,4-5,8,11-13H2,1-3H3,(H,31,32,34)/t14-,17+,23-/m0/s1. The van der Waals surface area contributed by atoms with Crippen LogP contribution in [0.3, 0.4) is 0 Å². The van der Waals surface area contributed by atoms with Crippen LogP contribution in [0.15, 0.2) is 29.2 Å². The number of methoxy groups -OCH3 is 1. The summed E-state index contributed by atoms with van der Waals surface area (Å²) in [6, 6.07) is 4.24. The number of pyridine rings is 1. The number of alkyl halides is 2. The van der Waals surface area contributed by atoms with Gasteiger partial charge in [-0.05, 0) is 49.3 Å². The third-order valence-corrected chi connectivity index (χ3v) is 8.12. The molecule has 2 aromatic heterocycles. The van der Waals surface area contributed by atoms with E-state index in [1.165, 1.54) is 4.57 Å². The Balaban J connectivity index is 1.37. The zero-order valence-corrected chi connectivity index (χ0v) is 22.8. The highest BCUT2D eigenvalue weighted by atomic mass is 35.5. The van der Waals surface area contributed by atoms with Gasteiger partial charge in [-0.3, -0.25) is 4.79 Å². The van der Waals surface area contributed by atoms with Crippen LogP contribution >= 0.6 is 11.6 Å². The molecular formula is C27H31ClF2N6O3.